The Bertz CT molecular complexity index is 542. The van der Waals surface area contributed by atoms with E-state index in [0.717, 1.165) is 16.6 Å². The van der Waals surface area contributed by atoms with Gasteiger partial charge in [-0.25, -0.2) is 12.7 Å². The van der Waals surface area contributed by atoms with Gasteiger partial charge in [0.1, 0.15) is 0 Å². The van der Waals surface area contributed by atoms with Crippen LogP contribution in [0.4, 0.5) is 0 Å². The van der Waals surface area contributed by atoms with E-state index in [-0.39, 0.29) is 17.9 Å². The Morgan fingerprint density at radius 1 is 1.47 bits per heavy atom. The number of carbonyl (C=O) groups is 1. The minimum Gasteiger partial charge on any atom is -0.481 e. The van der Waals surface area contributed by atoms with Crippen molar-refractivity contribution in [1.82, 2.24) is 9.29 Å². The Balaban J connectivity index is 2.91. The Hall–Kier alpha value is -1.67. The summed E-state index contributed by atoms with van der Waals surface area (Å²) in [6.07, 6.45) is 0.800. The van der Waals surface area contributed by atoms with Crippen LogP contribution in [0.2, 0.25) is 0 Å². The number of hydrogen-bond donors (Lipinski definition) is 2. The van der Waals surface area contributed by atoms with E-state index in [1.807, 2.05) is 0 Å². The van der Waals surface area contributed by atoms with Gasteiger partial charge in [0, 0.05) is 25.9 Å². The standard InChI is InChI=1S/C9H12N2O5S/c1-11(5-4-9(13)14)17(15,16)7-2-3-8(12)10-6-7/h2-3,6H,4-5H2,1H3,(H,10,12)(H,13,14). The molecule has 0 amide bonds. The van der Waals surface area contributed by atoms with Gasteiger partial charge in [-0.1, -0.05) is 0 Å². The highest BCUT2D eigenvalue weighted by Gasteiger charge is 2.21. The highest BCUT2D eigenvalue weighted by atomic mass is 32.2. The lowest BCUT2D eigenvalue weighted by atomic mass is 10.4. The van der Waals surface area contributed by atoms with E-state index in [1.165, 1.54) is 13.1 Å². The molecule has 94 valence electrons. The van der Waals surface area contributed by atoms with Gasteiger partial charge < -0.3 is 10.1 Å². The number of H-pyrrole nitrogens is 1. The number of aromatic amines is 1. The molecule has 0 bridgehead atoms. The maximum Gasteiger partial charge on any atom is 0.304 e. The second-order valence-corrected chi connectivity index (χ2v) is 5.40. The van der Waals surface area contributed by atoms with Crippen molar-refractivity contribution < 1.29 is 18.3 Å². The number of carboxylic acid groups (broad SMARTS) is 1. The van der Waals surface area contributed by atoms with Gasteiger partial charge in [0.2, 0.25) is 15.6 Å². The molecule has 0 aliphatic rings. The third kappa shape index (κ3) is 3.40. The molecule has 1 rings (SSSR count). The molecule has 0 aliphatic heterocycles. The zero-order valence-electron chi connectivity index (χ0n) is 9.08. The second kappa shape index (κ2) is 5.11. The third-order valence-electron chi connectivity index (χ3n) is 2.10. The van der Waals surface area contributed by atoms with Gasteiger partial charge in [-0.2, -0.15) is 0 Å². The first-order valence-electron chi connectivity index (χ1n) is 4.71. The van der Waals surface area contributed by atoms with Gasteiger partial charge in [-0.3, -0.25) is 9.59 Å². The van der Waals surface area contributed by atoms with Crippen LogP contribution in [0.1, 0.15) is 6.42 Å². The molecule has 0 fully saturated rings. The van der Waals surface area contributed by atoms with Crippen LogP contribution in [0.15, 0.2) is 28.0 Å². The zero-order chi connectivity index (χ0) is 13.1. The maximum absolute atomic E-state index is 11.9. The molecule has 8 heteroatoms. The van der Waals surface area contributed by atoms with E-state index in [9.17, 15) is 18.0 Å². The van der Waals surface area contributed by atoms with E-state index in [1.54, 1.807) is 0 Å². The molecule has 1 aromatic heterocycles. The molecule has 1 heterocycles. The number of nitrogens with zero attached hydrogens (tertiary/aromatic N) is 1. The predicted molar refractivity (Wildman–Crippen MR) is 59.1 cm³/mol. The summed E-state index contributed by atoms with van der Waals surface area (Å²) in [5.41, 5.74) is -0.405. The van der Waals surface area contributed by atoms with Crippen molar-refractivity contribution in [2.24, 2.45) is 0 Å². The van der Waals surface area contributed by atoms with Crippen molar-refractivity contribution in [2.45, 2.75) is 11.3 Å². The Morgan fingerprint density at radius 3 is 2.59 bits per heavy atom. The summed E-state index contributed by atoms with van der Waals surface area (Å²) < 4.78 is 24.7. The first-order chi connectivity index (χ1) is 7.84. The van der Waals surface area contributed by atoms with E-state index >= 15 is 0 Å². The number of carboxylic acids is 1. The lowest BCUT2D eigenvalue weighted by Crippen LogP contribution is -2.29. The van der Waals surface area contributed by atoms with Gasteiger partial charge in [0.05, 0.1) is 11.3 Å². The Kier molecular flexibility index (Phi) is 4.02. The van der Waals surface area contributed by atoms with Crippen LogP contribution in [0.3, 0.4) is 0 Å². The summed E-state index contributed by atoms with van der Waals surface area (Å²) in [6, 6.07) is 2.27. The molecule has 7 nitrogen and oxygen atoms in total. The Labute approximate surface area is 97.7 Å². The average molecular weight is 260 g/mol. The number of rotatable bonds is 5. The van der Waals surface area contributed by atoms with Gasteiger partial charge in [-0.15, -0.1) is 0 Å². The first kappa shape index (κ1) is 13.4. The van der Waals surface area contributed by atoms with E-state index in [0.29, 0.717) is 0 Å². The van der Waals surface area contributed by atoms with Gasteiger partial charge in [0.25, 0.3) is 0 Å². The average Bonchev–Trinajstić information content (AvgIpc) is 2.26. The zero-order valence-corrected chi connectivity index (χ0v) is 9.90. The normalized spacial score (nSPS) is 11.6. The molecule has 0 spiro atoms. The molecule has 0 aromatic carbocycles. The van der Waals surface area contributed by atoms with Gasteiger partial charge in [0.15, 0.2) is 0 Å². The van der Waals surface area contributed by atoms with Crippen LogP contribution in [-0.2, 0) is 14.8 Å². The van der Waals surface area contributed by atoms with Crippen molar-refractivity contribution in [1.29, 1.82) is 0 Å². The number of aliphatic carboxylic acids is 1. The Morgan fingerprint density at radius 2 is 2.12 bits per heavy atom. The molecule has 0 aliphatic carbocycles. The summed E-state index contributed by atoms with van der Waals surface area (Å²) in [6.45, 7) is -0.128. The van der Waals surface area contributed by atoms with Crippen LogP contribution in [0.5, 0.6) is 0 Å². The minimum atomic E-state index is -3.75. The summed E-state index contributed by atoms with van der Waals surface area (Å²) in [5, 5.41) is 8.47. The molecule has 0 saturated heterocycles. The molecular weight excluding hydrogens is 248 g/mol. The fourth-order valence-electron chi connectivity index (χ4n) is 1.11. The predicted octanol–water partition coefficient (Wildman–Crippen LogP) is -0.530. The van der Waals surface area contributed by atoms with E-state index in [2.05, 4.69) is 4.98 Å². The summed E-state index contributed by atoms with van der Waals surface area (Å²) in [7, 11) is -2.47. The fraction of sp³-hybridized carbons (Fsp3) is 0.333. The third-order valence-corrected chi connectivity index (χ3v) is 3.96. The van der Waals surface area contributed by atoms with Crippen LogP contribution >= 0.6 is 0 Å². The van der Waals surface area contributed by atoms with Crippen molar-refractivity contribution in [3.63, 3.8) is 0 Å². The minimum absolute atomic E-state index is 0.0787. The van der Waals surface area contributed by atoms with E-state index < -0.39 is 21.6 Å². The summed E-state index contributed by atoms with van der Waals surface area (Å²) in [4.78, 5) is 23.3. The van der Waals surface area contributed by atoms with Gasteiger partial charge >= 0.3 is 5.97 Å². The smallest absolute Gasteiger partial charge is 0.304 e. The largest absolute Gasteiger partial charge is 0.481 e. The number of hydrogen-bond acceptors (Lipinski definition) is 4. The number of sulfonamides is 1. The molecule has 17 heavy (non-hydrogen) atoms. The monoisotopic (exact) mass is 260 g/mol. The van der Waals surface area contributed by atoms with Crippen LogP contribution in [0, 0.1) is 0 Å². The molecule has 0 unspecified atom stereocenters. The molecule has 1 aromatic rings. The highest BCUT2D eigenvalue weighted by Crippen LogP contribution is 2.11. The molecule has 0 saturated carbocycles. The number of nitrogens with one attached hydrogen (secondary N) is 1. The number of aromatic nitrogens is 1. The van der Waals surface area contributed by atoms with Crippen molar-refractivity contribution in [3.05, 3.63) is 28.7 Å². The van der Waals surface area contributed by atoms with Gasteiger partial charge in [-0.05, 0) is 6.07 Å². The fourth-order valence-corrected chi connectivity index (χ4v) is 2.25. The molecule has 0 atom stereocenters. The lowest BCUT2D eigenvalue weighted by Gasteiger charge is -2.15. The molecule has 0 radical (unpaired) electrons. The van der Waals surface area contributed by atoms with Crippen molar-refractivity contribution in [2.75, 3.05) is 13.6 Å². The molecule has 2 N–H and O–H groups in total. The summed E-state index contributed by atoms with van der Waals surface area (Å²) in [5.74, 6) is -1.08. The quantitative estimate of drug-likeness (QED) is 0.740. The first-order valence-corrected chi connectivity index (χ1v) is 6.15. The highest BCUT2D eigenvalue weighted by molar-refractivity contribution is 7.89. The second-order valence-electron chi connectivity index (χ2n) is 3.36. The maximum atomic E-state index is 11.9. The van der Waals surface area contributed by atoms with Crippen LogP contribution in [0.25, 0.3) is 0 Å². The summed E-state index contributed by atoms with van der Waals surface area (Å²) >= 11 is 0. The van der Waals surface area contributed by atoms with Crippen LogP contribution in [-0.4, -0.2) is 42.4 Å². The topological polar surface area (TPSA) is 108 Å². The number of pyridine rings is 1. The van der Waals surface area contributed by atoms with Crippen molar-refractivity contribution >= 4 is 16.0 Å². The van der Waals surface area contributed by atoms with Crippen LogP contribution < -0.4 is 5.56 Å². The van der Waals surface area contributed by atoms with E-state index in [4.69, 9.17) is 5.11 Å². The SMILES string of the molecule is CN(CCC(=O)O)S(=O)(=O)c1ccc(=O)[nH]c1. The van der Waals surface area contributed by atoms with Crippen molar-refractivity contribution in [3.8, 4) is 0 Å². The lowest BCUT2D eigenvalue weighted by molar-refractivity contribution is -0.137. The molecular formula is C9H12N2O5S.